The first-order valence-electron chi connectivity index (χ1n) is 4.76. The van der Waals surface area contributed by atoms with E-state index in [9.17, 15) is 17.6 Å². The molecule has 96 valence electrons. The number of benzene rings is 1. The second kappa shape index (κ2) is 4.33. The Balaban J connectivity index is 2.84. The normalized spacial score (nSPS) is 12.1. The van der Waals surface area contributed by atoms with Gasteiger partial charge in [0.05, 0.1) is 16.8 Å². The highest BCUT2D eigenvalue weighted by molar-refractivity contribution is 6.30. The number of nitrogens with two attached hydrogens (primary N) is 1. The van der Waals surface area contributed by atoms with E-state index in [1.165, 1.54) is 0 Å². The molecule has 0 aliphatic heterocycles. The number of aromatic nitrogens is 2. The molecule has 0 aliphatic rings. The van der Waals surface area contributed by atoms with Gasteiger partial charge >= 0.3 is 6.18 Å². The van der Waals surface area contributed by atoms with Crippen molar-refractivity contribution in [2.24, 2.45) is 5.73 Å². The summed E-state index contributed by atoms with van der Waals surface area (Å²) in [5.74, 6) is -1.05. The van der Waals surface area contributed by atoms with Gasteiger partial charge in [0.15, 0.2) is 5.15 Å². The SMILES string of the molecule is NCc1nc2cc(F)cc(C(F)(F)F)c2nc1Cl. The second-order valence-electron chi connectivity index (χ2n) is 3.48. The van der Waals surface area contributed by atoms with Crippen molar-refractivity contribution in [3.05, 3.63) is 34.4 Å². The van der Waals surface area contributed by atoms with E-state index in [4.69, 9.17) is 17.3 Å². The van der Waals surface area contributed by atoms with Gasteiger partial charge in [0.25, 0.3) is 0 Å². The first-order chi connectivity index (χ1) is 8.32. The van der Waals surface area contributed by atoms with Crippen molar-refractivity contribution < 1.29 is 17.6 Å². The number of hydrogen-bond donors (Lipinski definition) is 1. The molecule has 2 rings (SSSR count). The Hall–Kier alpha value is -1.47. The smallest absolute Gasteiger partial charge is 0.325 e. The zero-order valence-electron chi connectivity index (χ0n) is 8.72. The minimum Gasteiger partial charge on any atom is -0.325 e. The van der Waals surface area contributed by atoms with Crippen molar-refractivity contribution in [3.8, 4) is 0 Å². The molecule has 1 heterocycles. The van der Waals surface area contributed by atoms with Crippen molar-refractivity contribution in [2.45, 2.75) is 12.7 Å². The molecule has 1 aromatic heterocycles. The Morgan fingerprint density at radius 3 is 2.44 bits per heavy atom. The van der Waals surface area contributed by atoms with Gasteiger partial charge in [0.2, 0.25) is 0 Å². The summed E-state index contributed by atoms with van der Waals surface area (Å²) in [5, 5.41) is -0.220. The number of rotatable bonds is 1. The van der Waals surface area contributed by atoms with Crippen molar-refractivity contribution in [1.82, 2.24) is 9.97 Å². The standard InChI is InChI=1S/C10H6ClF4N3/c11-9-7(3-16)17-6-2-4(12)1-5(8(6)18-9)10(13,14)15/h1-2H,3,16H2. The molecule has 2 N–H and O–H groups in total. The molecule has 0 unspecified atom stereocenters. The van der Waals surface area contributed by atoms with Gasteiger partial charge in [0, 0.05) is 12.6 Å². The zero-order chi connectivity index (χ0) is 13.5. The molecule has 8 heteroatoms. The van der Waals surface area contributed by atoms with E-state index in [-0.39, 0.29) is 22.9 Å². The lowest BCUT2D eigenvalue weighted by molar-refractivity contribution is -0.136. The molecule has 18 heavy (non-hydrogen) atoms. The molecule has 0 spiro atoms. The van der Waals surface area contributed by atoms with Gasteiger partial charge in [-0.05, 0) is 6.07 Å². The Labute approximate surface area is 104 Å². The van der Waals surface area contributed by atoms with E-state index in [0.717, 1.165) is 6.07 Å². The molecule has 3 nitrogen and oxygen atoms in total. The first-order valence-corrected chi connectivity index (χ1v) is 5.13. The molecule has 1 aromatic carbocycles. The third kappa shape index (κ3) is 2.23. The van der Waals surface area contributed by atoms with Crippen LogP contribution < -0.4 is 5.73 Å². The minimum atomic E-state index is -4.73. The lowest BCUT2D eigenvalue weighted by Crippen LogP contribution is -2.10. The van der Waals surface area contributed by atoms with Crippen LogP contribution in [0.5, 0.6) is 0 Å². The number of nitrogens with zero attached hydrogens (tertiary/aromatic N) is 2. The third-order valence-electron chi connectivity index (χ3n) is 2.26. The van der Waals surface area contributed by atoms with Crippen LogP contribution in [0.2, 0.25) is 5.15 Å². The highest BCUT2D eigenvalue weighted by Crippen LogP contribution is 2.34. The fraction of sp³-hybridized carbons (Fsp3) is 0.200. The van der Waals surface area contributed by atoms with Crippen molar-refractivity contribution in [2.75, 3.05) is 0 Å². The third-order valence-corrected chi connectivity index (χ3v) is 2.56. The van der Waals surface area contributed by atoms with Crippen LogP contribution >= 0.6 is 11.6 Å². The van der Waals surface area contributed by atoms with E-state index in [0.29, 0.717) is 6.07 Å². The van der Waals surface area contributed by atoms with Crippen LogP contribution in [0, 0.1) is 5.82 Å². The van der Waals surface area contributed by atoms with Gasteiger partial charge in [-0.1, -0.05) is 11.6 Å². The van der Waals surface area contributed by atoms with E-state index in [1.807, 2.05) is 0 Å². The molecule has 0 saturated heterocycles. The Morgan fingerprint density at radius 1 is 1.22 bits per heavy atom. The van der Waals surface area contributed by atoms with Crippen molar-refractivity contribution >= 4 is 22.6 Å². The van der Waals surface area contributed by atoms with Gasteiger partial charge < -0.3 is 5.73 Å². The fourth-order valence-corrected chi connectivity index (χ4v) is 1.69. The molecule has 0 atom stereocenters. The Morgan fingerprint density at radius 2 is 1.89 bits per heavy atom. The molecule has 0 bridgehead atoms. The van der Waals surface area contributed by atoms with E-state index in [2.05, 4.69) is 9.97 Å². The highest BCUT2D eigenvalue weighted by atomic mass is 35.5. The monoisotopic (exact) mass is 279 g/mol. The summed E-state index contributed by atoms with van der Waals surface area (Å²) in [7, 11) is 0. The predicted molar refractivity (Wildman–Crippen MR) is 57.4 cm³/mol. The second-order valence-corrected chi connectivity index (χ2v) is 3.84. The van der Waals surface area contributed by atoms with Crippen molar-refractivity contribution in [1.29, 1.82) is 0 Å². The van der Waals surface area contributed by atoms with E-state index >= 15 is 0 Å². The maximum absolute atomic E-state index is 13.1. The zero-order valence-corrected chi connectivity index (χ0v) is 9.48. The summed E-state index contributed by atoms with van der Waals surface area (Å²) in [6.07, 6.45) is -4.73. The predicted octanol–water partition coefficient (Wildman–Crippen LogP) is 2.90. The molecule has 0 radical (unpaired) electrons. The van der Waals surface area contributed by atoms with Gasteiger partial charge in [-0.2, -0.15) is 13.2 Å². The van der Waals surface area contributed by atoms with Gasteiger partial charge in [-0.25, -0.2) is 14.4 Å². The number of hydrogen-bond acceptors (Lipinski definition) is 3. The fourth-order valence-electron chi connectivity index (χ4n) is 1.49. The first kappa shape index (κ1) is 13.0. The lowest BCUT2D eigenvalue weighted by Gasteiger charge is -2.11. The van der Waals surface area contributed by atoms with Crippen LogP contribution in [0.1, 0.15) is 11.3 Å². The molecule has 0 aliphatic carbocycles. The van der Waals surface area contributed by atoms with Crippen molar-refractivity contribution in [3.63, 3.8) is 0 Å². The molecule has 0 fully saturated rings. The number of halogens is 5. The van der Waals surface area contributed by atoms with Crippen LogP contribution in [0.15, 0.2) is 12.1 Å². The Kier molecular flexibility index (Phi) is 3.12. The van der Waals surface area contributed by atoms with Crippen LogP contribution in [0.3, 0.4) is 0 Å². The highest BCUT2D eigenvalue weighted by Gasteiger charge is 2.34. The van der Waals surface area contributed by atoms with E-state index in [1.54, 1.807) is 0 Å². The topological polar surface area (TPSA) is 51.8 Å². The molecule has 0 amide bonds. The number of fused-ring (bicyclic) bond motifs is 1. The maximum Gasteiger partial charge on any atom is 0.418 e. The molecular weight excluding hydrogens is 274 g/mol. The van der Waals surface area contributed by atoms with Gasteiger partial charge in [-0.15, -0.1) is 0 Å². The van der Waals surface area contributed by atoms with Crippen LogP contribution in [0.4, 0.5) is 17.6 Å². The average molecular weight is 280 g/mol. The molecule has 0 saturated carbocycles. The lowest BCUT2D eigenvalue weighted by atomic mass is 10.1. The quantitative estimate of drug-likeness (QED) is 0.817. The molecule has 2 aromatic rings. The van der Waals surface area contributed by atoms with E-state index < -0.39 is 23.1 Å². The van der Waals surface area contributed by atoms with Crippen LogP contribution in [-0.4, -0.2) is 9.97 Å². The number of alkyl halides is 3. The van der Waals surface area contributed by atoms with Crippen LogP contribution in [0.25, 0.3) is 11.0 Å². The van der Waals surface area contributed by atoms with Gasteiger partial charge in [0.1, 0.15) is 11.3 Å². The Bertz CT molecular complexity index is 612. The average Bonchev–Trinajstić information content (AvgIpc) is 2.26. The minimum absolute atomic E-state index is 0.0976. The largest absolute Gasteiger partial charge is 0.418 e. The van der Waals surface area contributed by atoms with Crippen LogP contribution in [-0.2, 0) is 12.7 Å². The summed E-state index contributed by atoms with van der Waals surface area (Å²) < 4.78 is 51.3. The summed E-state index contributed by atoms with van der Waals surface area (Å²) in [6, 6.07) is 1.21. The summed E-state index contributed by atoms with van der Waals surface area (Å²) in [6.45, 7) is -0.0976. The molecular formula is C10H6ClF4N3. The maximum atomic E-state index is 13.1. The summed E-state index contributed by atoms with van der Waals surface area (Å²) in [4.78, 5) is 7.36. The summed E-state index contributed by atoms with van der Waals surface area (Å²) >= 11 is 5.65. The van der Waals surface area contributed by atoms with Gasteiger partial charge in [-0.3, -0.25) is 0 Å². The summed E-state index contributed by atoms with van der Waals surface area (Å²) in [5.41, 5.74) is 3.48.